The third kappa shape index (κ3) is 45.4. The Morgan fingerprint density at radius 3 is 0.507 bits per heavy atom. The van der Waals surface area contributed by atoms with Crippen molar-refractivity contribution in [3.63, 3.8) is 0 Å². The van der Waals surface area contributed by atoms with Crippen molar-refractivity contribution in [3.8, 4) is 102 Å². The molecule has 27 nitrogen and oxygen atoms in total. The monoisotopic (exact) mass is 1970 g/mol. The highest BCUT2D eigenvalue weighted by molar-refractivity contribution is 5.93. The second kappa shape index (κ2) is 71.0. The molecule has 0 aliphatic heterocycles. The fourth-order valence-electron chi connectivity index (χ4n) is 14.5. The van der Waals surface area contributed by atoms with Crippen molar-refractivity contribution in [2.75, 3.05) is 279 Å². The van der Waals surface area contributed by atoms with Crippen LogP contribution in [-0.4, -0.2) is 297 Å². The molecule has 27 heteroatoms. The topological polar surface area (TPSA) is 293 Å². The van der Waals surface area contributed by atoms with E-state index in [1.807, 2.05) is 221 Å². The maximum absolute atomic E-state index is 10.6. The zero-order valence-corrected chi connectivity index (χ0v) is 84.2. The first kappa shape index (κ1) is 114. The summed E-state index contributed by atoms with van der Waals surface area (Å²) in [4.78, 5) is 0. The van der Waals surface area contributed by atoms with Crippen LogP contribution in [0.15, 0.2) is 237 Å². The molecule has 0 aliphatic rings. The SMILES string of the molecule is COCCOCCOCCOCCOCCOCCOC[C@@H](C)Oc1ccc(-c2ccc(/C(C#N)=C/c3ccc(-c4cc(-c5ccc(/C=C(\C#N)c6ccc(-c7ccc(O[C@H](C)COCCOCCOCCOCCOCCOCCOC)cc7)cc6)cc5)cc(-c5ccc(/C=C(\C#N)c6ccc(-c7ccc(O[C@H](C)COCCOCCOCCOCCOCCOCCOC)cc7)cc6)cc5)c4)cc3)cc2)cc1. The normalized spacial score (nSPS) is 12.4. The van der Waals surface area contributed by atoms with Crippen LogP contribution in [0.5, 0.6) is 17.2 Å². The van der Waals surface area contributed by atoms with Gasteiger partial charge in [0.25, 0.3) is 0 Å². The summed E-state index contributed by atoms with van der Waals surface area (Å²) in [5, 5.41) is 31.8. The van der Waals surface area contributed by atoms with E-state index in [0.29, 0.717) is 274 Å². The van der Waals surface area contributed by atoms with Crippen LogP contribution in [0, 0.1) is 34.0 Å². The van der Waals surface area contributed by atoms with E-state index >= 15 is 0 Å². The van der Waals surface area contributed by atoms with Crippen molar-refractivity contribution >= 4 is 34.9 Å². The molecule has 0 spiro atoms. The van der Waals surface area contributed by atoms with Crippen LogP contribution < -0.4 is 14.2 Å². The highest BCUT2D eigenvalue weighted by Crippen LogP contribution is 2.37. The van der Waals surface area contributed by atoms with Crippen LogP contribution >= 0.6 is 0 Å². The highest BCUT2D eigenvalue weighted by Gasteiger charge is 2.16. The molecule has 768 valence electrons. The predicted molar refractivity (Wildman–Crippen MR) is 559 cm³/mol. The lowest BCUT2D eigenvalue weighted by molar-refractivity contribution is -0.0223. The Labute approximate surface area is 850 Å². The van der Waals surface area contributed by atoms with Crippen LogP contribution in [-0.2, 0) is 99.5 Å². The largest absolute Gasteiger partial charge is 0.488 e. The molecule has 0 bridgehead atoms. The number of ether oxygens (including phenoxy) is 24. The molecule has 0 saturated heterocycles. The molecule has 0 unspecified atom stereocenters. The number of rotatable bonds is 78. The third-order valence-corrected chi connectivity index (χ3v) is 22.1. The minimum Gasteiger partial charge on any atom is -0.488 e. The van der Waals surface area contributed by atoms with Gasteiger partial charge in [0.15, 0.2) is 0 Å². The Hall–Kier alpha value is -11.6. The molecule has 0 heterocycles. The van der Waals surface area contributed by atoms with Gasteiger partial charge in [-0.15, -0.1) is 0 Å². The molecule has 10 aromatic carbocycles. The Kier molecular flexibility index (Phi) is 56.4. The number of nitriles is 3. The van der Waals surface area contributed by atoms with E-state index in [1.54, 1.807) is 21.3 Å². The van der Waals surface area contributed by atoms with Crippen molar-refractivity contribution in [1.82, 2.24) is 0 Å². The third-order valence-electron chi connectivity index (χ3n) is 22.1. The predicted octanol–water partition coefficient (Wildman–Crippen LogP) is 19.4. The van der Waals surface area contributed by atoms with E-state index in [-0.39, 0.29) is 18.3 Å². The lowest BCUT2D eigenvalue weighted by atomic mass is 9.92. The first-order valence-corrected chi connectivity index (χ1v) is 49.3. The quantitative estimate of drug-likeness (QED) is 0.0194. The molecule has 0 fully saturated rings. The molecular weight excluding hydrogens is 1830 g/mol. The number of hydrogen-bond donors (Lipinski definition) is 0. The molecule has 0 N–H and O–H groups in total. The first-order chi connectivity index (χ1) is 71.0. The fourth-order valence-corrected chi connectivity index (χ4v) is 14.5. The van der Waals surface area contributed by atoms with E-state index in [0.717, 1.165) is 117 Å². The molecule has 0 saturated carbocycles. The summed E-state index contributed by atoms with van der Waals surface area (Å²) >= 11 is 0. The zero-order chi connectivity index (χ0) is 101. The van der Waals surface area contributed by atoms with E-state index in [4.69, 9.17) is 114 Å². The Morgan fingerprint density at radius 2 is 0.340 bits per heavy atom. The van der Waals surface area contributed by atoms with Gasteiger partial charge in [-0.1, -0.05) is 182 Å². The van der Waals surface area contributed by atoms with Crippen LogP contribution in [0.1, 0.15) is 54.2 Å². The second-order valence-electron chi connectivity index (χ2n) is 33.2. The van der Waals surface area contributed by atoms with E-state index in [9.17, 15) is 15.8 Å². The number of methoxy groups -OCH3 is 3. The van der Waals surface area contributed by atoms with Crippen molar-refractivity contribution in [2.45, 2.75) is 39.1 Å². The smallest absolute Gasteiger partial charge is 0.119 e. The minimum atomic E-state index is -0.183. The van der Waals surface area contributed by atoms with E-state index < -0.39 is 0 Å². The second-order valence-corrected chi connectivity index (χ2v) is 33.2. The molecule has 0 aliphatic carbocycles. The van der Waals surface area contributed by atoms with Crippen molar-refractivity contribution in [2.24, 2.45) is 0 Å². The number of hydrogen-bond acceptors (Lipinski definition) is 27. The van der Waals surface area contributed by atoms with Crippen LogP contribution in [0.25, 0.3) is 102 Å². The van der Waals surface area contributed by atoms with Crippen LogP contribution in [0.3, 0.4) is 0 Å². The van der Waals surface area contributed by atoms with Crippen molar-refractivity contribution in [3.05, 3.63) is 270 Å². The van der Waals surface area contributed by atoms with Gasteiger partial charge in [-0.3, -0.25) is 0 Å². The van der Waals surface area contributed by atoms with Crippen LogP contribution in [0.2, 0.25) is 0 Å². The van der Waals surface area contributed by atoms with Crippen molar-refractivity contribution in [1.29, 1.82) is 15.8 Å². The zero-order valence-electron chi connectivity index (χ0n) is 84.2. The Morgan fingerprint density at radius 1 is 0.194 bits per heavy atom. The van der Waals surface area contributed by atoms with Gasteiger partial charge in [0.2, 0.25) is 0 Å². The summed E-state index contributed by atoms with van der Waals surface area (Å²) < 4.78 is 134. The summed E-state index contributed by atoms with van der Waals surface area (Å²) in [5.74, 6) is 2.19. The molecule has 10 aromatic rings. The summed E-state index contributed by atoms with van der Waals surface area (Å²) in [6.45, 7) is 24.9. The van der Waals surface area contributed by atoms with Gasteiger partial charge in [-0.05, 0) is 194 Å². The highest BCUT2D eigenvalue weighted by atomic mass is 16.6. The number of allylic oxidation sites excluding steroid dienone is 3. The lowest BCUT2D eigenvalue weighted by Crippen LogP contribution is -2.21. The first-order valence-electron chi connectivity index (χ1n) is 49.3. The Balaban J connectivity index is 0.718. The van der Waals surface area contributed by atoms with E-state index in [1.165, 1.54) is 0 Å². The van der Waals surface area contributed by atoms with E-state index in [2.05, 4.69) is 72.8 Å². The van der Waals surface area contributed by atoms with Gasteiger partial charge in [0.05, 0.1) is 293 Å². The standard InChI is InChI=1S/C117H141N3O24/c1-91(88-139-76-73-136-70-67-133-64-61-130-58-55-127-52-49-124-46-43-121-4)142-115-37-31-100(32-38-115)97-19-25-106(26-20-97)112(85-118)79-94-7-13-103(14-8-94)109-82-110(104-15-9-95(10-16-104)80-113(86-119)107-27-21-98(22-28-107)101-33-39-116(40-34-101)143-92(2)89-140-77-74-137-71-68-134-65-62-131-59-56-128-53-50-125-47-44-122-5)84-111(83-109)105-17-11-96(12-18-105)81-114(87-120)108-29-23-99(24-30-108)102-35-41-117(42-36-102)144-93(3)90-141-78-75-138-72-69-135-66-63-132-60-57-129-54-51-126-48-45-123-6/h7-42,79-84,91-93H,43-78,88-90H2,1-6H3/b112-79+,113-80+,114-81+/t91-,92-,93-/m1/s1. The van der Waals surface area contributed by atoms with Gasteiger partial charge in [0.1, 0.15) is 35.6 Å². The molecule has 3 atom stereocenters. The average Bonchev–Trinajstić information content (AvgIpc) is 0.792. The van der Waals surface area contributed by atoms with Gasteiger partial charge < -0.3 is 114 Å². The summed E-state index contributed by atoms with van der Waals surface area (Å²) in [5.41, 5.74) is 18.5. The van der Waals surface area contributed by atoms with Gasteiger partial charge in [0, 0.05) is 21.3 Å². The minimum absolute atomic E-state index is 0.183. The maximum atomic E-state index is 10.6. The molecule has 0 aromatic heterocycles. The number of nitrogens with zero attached hydrogens (tertiary/aromatic N) is 3. The fraction of sp³-hybridized carbons (Fsp3) is 0.410. The maximum Gasteiger partial charge on any atom is 0.119 e. The summed E-state index contributed by atoms with van der Waals surface area (Å²) in [7, 11) is 4.93. The average molecular weight is 1970 g/mol. The van der Waals surface area contributed by atoms with Crippen molar-refractivity contribution < 1.29 is 114 Å². The molecule has 10 rings (SSSR count). The summed E-state index contributed by atoms with van der Waals surface area (Å²) in [6, 6.07) is 86.6. The molecular formula is C117H141N3O24. The van der Waals surface area contributed by atoms with Crippen LogP contribution in [0.4, 0.5) is 0 Å². The summed E-state index contributed by atoms with van der Waals surface area (Å²) in [6.07, 6.45) is 5.19. The molecule has 144 heavy (non-hydrogen) atoms. The number of benzene rings is 10. The lowest BCUT2D eigenvalue weighted by Gasteiger charge is -2.15. The molecule has 0 radical (unpaired) electrons. The van der Waals surface area contributed by atoms with Gasteiger partial charge in [-0.25, -0.2) is 0 Å². The van der Waals surface area contributed by atoms with Gasteiger partial charge in [-0.2, -0.15) is 15.8 Å². The Bertz CT molecular complexity index is 4820. The molecule has 0 amide bonds. The van der Waals surface area contributed by atoms with Gasteiger partial charge >= 0.3 is 0 Å².